The summed E-state index contributed by atoms with van der Waals surface area (Å²) in [4.78, 5) is 0. The van der Waals surface area contributed by atoms with Crippen LogP contribution in [-0.4, -0.2) is 0 Å². The highest BCUT2D eigenvalue weighted by molar-refractivity contribution is 4.64. The summed E-state index contributed by atoms with van der Waals surface area (Å²) >= 11 is 0. The average molecular weight is 174 g/mol. The molecular weight excluding hydrogens is 144 g/mol. The standard InChI is InChI=1S/C6H12.3C2H6/c1-3-5-6-4-2;3*1-2/h3H,1,4-6H2,2H3;3*1-2H3. The largest absolute Gasteiger partial charge is 0.103 e. The molecule has 0 amide bonds. The maximum absolute atomic E-state index is 3.60. The highest BCUT2D eigenvalue weighted by Crippen LogP contribution is 1.91. The minimum atomic E-state index is 1.18. The second-order valence-corrected chi connectivity index (χ2v) is 1.43. The SMILES string of the molecule is C=CCCCC.CC.CC.CC. The Labute approximate surface area is 81.1 Å². The fourth-order valence-corrected chi connectivity index (χ4v) is 0.348. The normalized spacial score (nSPS) is 5.58. The van der Waals surface area contributed by atoms with Crippen molar-refractivity contribution in [1.29, 1.82) is 0 Å². The fraction of sp³-hybridized carbons (Fsp3) is 0.833. The molecule has 0 rings (SSSR count). The summed E-state index contributed by atoms with van der Waals surface area (Å²) in [6, 6.07) is 0. The van der Waals surface area contributed by atoms with E-state index < -0.39 is 0 Å². The van der Waals surface area contributed by atoms with Crippen LogP contribution in [0.2, 0.25) is 0 Å². The highest BCUT2D eigenvalue weighted by Gasteiger charge is 1.71. The third-order valence-electron chi connectivity index (χ3n) is 0.762. The van der Waals surface area contributed by atoms with Crippen LogP contribution < -0.4 is 0 Å². The van der Waals surface area contributed by atoms with Gasteiger partial charge in [-0.1, -0.05) is 67.4 Å². The van der Waals surface area contributed by atoms with Crippen LogP contribution in [0.4, 0.5) is 0 Å². The van der Waals surface area contributed by atoms with Gasteiger partial charge < -0.3 is 0 Å². The molecule has 0 spiro atoms. The Kier molecular flexibility index (Phi) is 137. The van der Waals surface area contributed by atoms with Gasteiger partial charge in [-0.2, -0.15) is 0 Å². The van der Waals surface area contributed by atoms with Gasteiger partial charge in [0, 0.05) is 0 Å². The molecule has 0 heteroatoms. The zero-order valence-corrected chi connectivity index (χ0v) is 10.4. The maximum atomic E-state index is 3.60. The zero-order chi connectivity index (χ0) is 10.8. The molecule has 78 valence electrons. The molecule has 0 saturated carbocycles. The summed E-state index contributed by atoms with van der Waals surface area (Å²) in [5, 5.41) is 0. The number of hydrogen-bond acceptors (Lipinski definition) is 0. The molecule has 0 bridgehead atoms. The van der Waals surface area contributed by atoms with Gasteiger partial charge in [0.05, 0.1) is 0 Å². The van der Waals surface area contributed by atoms with Crippen molar-refractivity contribution in [2.75, 3.05) is 0 Å². The molecule has 0 radical (unpaired) electrons. The lowest BCUT2D eigenvalue weighted by molar-refractivity contribution is 0.816. The van der Waals surface area contributed by atoms with E-state index in [4.69, 9.17) is 0 Å². The van der Waals surface area contributed by atoms with Crippen molar-refractivity contribution in [3.63, 3.8) is 0 Å². The number of allylic oxidation sites excluding steroid dienone is 1. The summed E-state index contributed by atoms with van der Waals surface area (Å²) in [6.45, 7) is 17.8. The monoisotopic (exact) mass is 174 g/mol. The predicted molar refractivity (Wildman–Crippen MR) is 63.8 cm³/mol. The molecule has 0 N–H and O–H groups in total. The van der Waals surface area contributed by atoms with Gasteiger partial charge in [0.15, 0.2) is 0 Å². The first-order valence-electron chi connectivity index (χ1n) is 5.52. The van der Waals surface area contributed by atoms with Crippen LogP contribution in [0, 0.1) is 0 Å². The third kappa shape index (κ3) is 99.1. The zero-order valence-electron chi connectivity index (χ0n) is 10.4. The second-order valence-electron chi connectivity index (χ2n) is 1.43. The number of unbranched alkanes of at least 4 members (excludes halogenated alkanes) is 2. The Bertz CT molecular complexity index is 29.0. The van der Waals surface area contributed by atoms with Gasteiger partial charge in [-0.25, -0.2) is 0 Å². The molecule has 0 unspecified atom stereocenters. The van der Waals surface area contributed by atoms with E-state index in [2.05, 4.69) is 13.5 Å². The Morgan fingerprint density at radius 1 is 0.917 bits per heavy atom. The quantitative estimate of drug-likeness (QED) is 0.395. The van der Waals surface area contributed by atoms with Gasteiger partial charge in [-0.3, -0.25) is 0 Å². The van der Waals surface area contributed by atoms with Crippen molar-refractivity contribution in [3.05, 3.63) is 12.7 Å². The lowest BCUT2D eigenvalue weighted by Crippen LogP contribution is -1.61. The van der Waals surface area contributed by atoms with Crippen LogP contribution in [0.25, 0.3) is 0 Å². The summed E-state index contributed by atoms with van der Waals surface area (Å²) in [5.74, 6) is 0. The van der Waals surface area contributed by atoms with Crippen LogP contribution in [0.15, 0.2) is 12.7 Å². The summed E-state index contributed by atoms with van der Waals surface area (Å²) in [5.41, 5.74) is 0. The van der Waals surface area contributed by atoms with E-state index in [0.717, 1.165) is 0 Å². The van der Waals surface area contributed by atoms with Gasteiger partial charge in [0.25, 0.3) is 0 Å². The van der Waals surface area contributed by atoms with Crippen molar-refractivity contribution in [1.82, 2.24) is 0 Å². The molecule has 0 aliphatic heterocycles. The summed E-state index contributed by atoms with van der Waals surface area (Å²) in [6.07, 6.45) is 5.72. The van der Waals surface area contributed by atoms with E-state index in [-0.39, 0.29) is 0 Å². The first-order chi connectivity index (χ1) is 5.91. The highest BCUT2D eigenvalue weighted by atomic mass is 13.8. The molecular formula is C12H30. The molecule has 0 atom stereocenters. The second kappa shape index (κ2) is 72.8. The first kappa shape index (κ1) is 22.6. The van der Waals surface area contributed by atoms with Crippen molar-refractivity contribution in [2.24, 2.45) is 0 Å². The van der Waals surface area contributed by atoms with Crippen LogP contribution in [0.1, 0.15) is 67.7 Å². The first-order valence-corrected chi connectivity index (χ1v) is 5.52. The van der Waals surface area contributed by atoms with Gasteiger partial charge in [-0.15, -0.1) is 6.58 Å². The number of hydrogen-bond donors (Lipinski definition) is 0. The van der Waals surface area contributed by atoms with Gasteiger partial charge in [0.2, 0.25) is 0 Å². The molecule has 0 aromatic carbocycles. The molecule has 0 nitrogen and oxygen atoms in total. The smallest absolute Gasteiger partial charge is 0.0354 e. The Balaban J connectivity index is -0.0000000453. The maximum Gasteiger partial charge on any atom is -0.0354 e. The van der Waals surface area contributed by atoms with E-state index in [1.807, 2.05) is 47.6 Å². The van der Waals surface area contributed by atoms with Crippen LogP contribution in [0.3, 0.4) is 0 Å². The van der Waals surface area contributed by atoms with Gasteiger partial charge in [0.1, 0.15) is 0 Å². The van der Waals surface area contributed by atoms with Crippen LogP contribution >= 0.6 is 0 Å². The van der Waals surface area contributed by atoms with Crippen LogP contribution in [0.5, 0.6) is 0 Å². The molecule has 0 aromatic heterocycles. The summed E-state index contributed by atoms with van der Waals surface area (Å²) in [7, 11) is 0. The van der Waals surface area contributed by atoms with E-state index >= 15 is 0 Å². The molecule has 0 fully saturated rings. The van der Waals surface area contributed by atoms with Crippen molar-refractivity contribution >= 4 is 0 Å². The van der Waals surface area contributed by atoms with E-state index in [1.54, 1.807) is 0 Å². The molecule has 0 aliphatic carbocycles. The van der Waals surface area contributed by atoms with E-state index in [9.17, 15) is 0 Å². The van der Waals surface area contributed by atoms with Crippen LogP contribution in [-0.2, 0) is 0 Å². The molecule has 12 heavy (non-hydrogen) atoms. The summed E-state index contributed by atoms with van der Waals surface area (Å²) < 4.78 is 0. The van der Waals surface area contributed by atoms with E-state index in [1.165, 1.54) is 19.3 Å². The Hall–Kier alpha value is -0.260. The van der Waals surface area contributed by atoms with Crippen molar-refractivity contribution < 1.29 is 0 Å². The average Bonchev–Trinajstić information content (AvgIpc) is 2.24. The van der Waals surface area contributed by atoms with Gasteiger partial charge in [-0.05, 0) is 6.42 Å². The molecule has 0 aliphatic rings. The topological polar surface area (TPSA) is 0 Å². The molecule has 0 aromatic rings. The lowest BCUT2D eigenvalue weighted by atomic mass is 10.3. The van der Waals surface area contributed by atoms with E-state index in [0.29, 0.717) is 0 Å². The molecule has 0 heterocycles. The third-order valence-corrected chi connectivity index (χ3v) is 0.762. The lowest BCUT2D eigenvalue weighted by Gasteiger charge is -1.81. The fourth-order valence-electron chi connectivity index (χ4n) is 0.348. The van der Waals surface area contributed by atoms with Crippen molar-refractivity contribution in [3.8, 4) is 0 Å². The van der Waals surface area contributed by atoms with Gasteiger partial charge >= 0.3 is 0 Å². The Morgan fingerprint density at radius 2 is 1.25 bits per heavy atom. The minimum Gasteiger partial charge on any atom is -0.103 e. The van der Waals surface area contributed by atoms with Crippen molar-refractivity contribution in [2.45, 2.75) is 67.7 Å². The number of rotatable bonds is 3. The minimum absolute atomic E-state index is 1.18. The predicted octanol–water partition coefficient (Wildman–Crippen LogP) is 5.44. The Morgan fingerprint density at radius 3 is 1.33 bits per heavy atom. The molecule has 0 saturated heterocycles.